The Bertz CT molecular complexity index is 908. The molecule has 1 aliphatic rings. The van der Waals surface area contributed by atoms with Crippen molar-refractivity contribution in [1.29, 1.82) is 0 Å². The Morgan fingerprint density at radius 1 is 1.07 bits per heavy atom. The Morgan fingerprint density at radius 3 is 2.37 bits per heavy atom. The highest BCUT2D eigenvalue weighted by Crippen LogP contribution is 2.16. The van der Waals surface area contributed by atoms with Crippen molar-refractivity contribution in [3.8, 4) is 0 Å². The highest BCUT2D eigenvalue weighted by atomic mass is 35.5. The van der Waals surface area contributed by atoms with Crippen LogP contribution in [0.5, 0.6) is 0 Å². The summed E-state index contributed by atoms with van der Waals surface area (Å²) < 4.78 is 25.1. The van der Waals surface area contributed by atoms with E-state index in [4.69, 9.17) is 11.6 Å². The summed E-state index contributed by atoms with van der Waals surface area (Å²) in [5, 5.41) is 0.724. The van der Waals surface area contributed by atoms with E-state index in [1.165, 1.54) is 5.56 Å². The molecule has 1 fully saturated rings. The highest BCUT2D eigenvalue weighted by molar-refractivity contribution is 7.92. The Morgan fingerprint density at radius 2 is 1.74 bits per heavy atom. The van der Waals surface area contributed by atoms with Gasteiger partial charge in [-0.3, -0.25) is 14.4 Å². The number of anilines is 1. The predicted octanol–water partition coefficient (Wildman–Crippen LogP) is 2.67. The van der Waals surface area contributed by atoms with Gasteiger partial charge in [-0.1, -0.05) is 29.8 Å². The Hall–Kier alpha value is -2.09. The lowest BCUT2D eigenvalue weighted by molar-refractivity contribution is 0.0628. The first-order chi connectivity index (χ1) is 12.8. The third kappa shape index (κ3) is 5.69. The van der Waals surface area contributed by atoms with Crippen LogP contribution in [0.4, 0.5) is 5.69 Å². The van der Waals surface area contributed by atoms with Crippen LogP contribution in [0.25, 0.3) is 0 Å². The number of rotatable bonds is 5. The van der Waals surface area contributed by atoms with E-state index in [0.717, 1.165) is 30.9 Å². The fourth-order valence-electron chi connectivity index (χ4n) is 3.07. The molecule has 2 aromatic rings. The molecule has 1 heterocycles. The van der Waals surface area contributed by atoms with Crippen LogP contribution in [0.2, 0.25) is 5.02 Å². The summed E-state index contributed by atoms with van der Waals surface area (Å²) in [6, 6.07) is 14.4. The zero-order chi connectivity index (χ0) is 19.4. The lowest BCUT2D eigenvalue weighted by Gasteiger charge is -2.34. The van der Waals surface area contributed by atoms with Crippen LogP contribution in [0.15, 0.2) is 48.5 Å². The number of carbonyl (C=O) groups is 1. The second kappa shape index (κ2) is 8.29. The van der Waals surface area contributed by atoms with E-state index in [2.05, 4.69) is 9.62 Å². The van der Waals surface area contributed by atoms with Crippen LogP contribution in [-0.4, -0.2) is 56.6 Å². The Kier molecular flexibility index (Phi) is 6.04. The standard InChI is InChI=1S/C19H22ClN3O3S/c1-27(25,26)21-18-4-2-3-16(13-18)19(24)23-11-9-22(10-12-23)14-15-5-7-17(20)8-6-15/h2-8,13,21H,9-12,14H2,1H3. The van der Waals surface area contributed by atoms with E-state index in [9.17, 15) is 13.2 Å². The number of halogens is 1. The molecular formula is C19H22ClN3O3S. The molecular weight excluding hydrogens is 386 g/mol. The number of hydrogen-bond acceptors (Lipinski definition) is 4. The zero-order valence-electron chi connectivity index (χ0n) is 15.1. The van der Waals surface area contributed by atoms with Crippen LogP contribution in [0.3, 0.4) is 0 Å². The molecule has 1 N–H and O–H groups in total. The zero-order valence-corrected chi connectivity index (χ0v) is 16.6. The Balaban J connectivity index is 1.58. The molecule has 8 heteroatoms. The van der Waals surface area contributed by atoms with Gasteiger partial charge in [0.15, 0.2) is 0 Å². The first kappa shape index (κ1) is 19.7. The van der Waals surface area contributed by atoms with Crippen LogP contribution >= 0.6 is 11.6 Å². The maximum atomic E-state index is 12.7. The third-order valence-corrected chi connectivity index (χ3v) is 5.25. The number of amides is 1. The predicted molar refractivity (Wildman–Crippen MR) is 108 cm³/mol. The smallest absolute Gasteiger partial charge is 0.254 e. The normalized spacial score (nSPS) is 15.6. The monoisotopic (exact) mass is 407 g/mol. The van der Waals surface area contributed by atoms with Crippen molar-refractivity contribution >= 4 is 33.2 Å². The van der Waals surface area contributed by atoms with E-state index in [1.807, 2.05) is 24.3 Å². The Labute approximate surface area is 164 Å². The van der Waals surface area contributed by atoms with Gasteiger partial charge in [-0.05, 0) is 35.9 Å². The molecule has 6 nitrogen and oxygen atoms in total. The summed E-state index contributed by atoms with van der Waals surface area (Å²) in [5.41, 5.74) is 2.07. The number of nitrogens with zero attached hydrogens (tertiary/aromatic N) is 2. The fourth-order valence-corrected chi connectivity index (χ4v) is 3.75. The second-order valence-corrected chi connectivity index (χ2v) is 8.83. The van der Waals surface area contributed by atoms with Gasteiger partial charge in [0.05, 0.1) is 6.26 Å². The summed E-state index contributed by atoms with van der Waals surface area (Å²) in [4.78, 5) is 16.8. The molecule has 0 bridgehead atoms. The minimum atomic E-state index is -3.37. The third-order valence-electron chi connectivity index (χ3n) is 4.39. The molecule has 27 heavy (non-hydrogen) atoms. The van der Waals surface area contributed by atoms with E-state index in [1.54, 1.807) is 29.2 Å². The number of sulfonamides is 1. The van der Waals surface area contributed by atoms with Crippen LogP contribution in [-0.2, 0) is 16.6 Å². The summed E-state index contributed by atoms with van der Waals surface area (Å²) >= 11 is 5.92. The lowest BCUT2D eigenvalue weighted by atomic mass is 10.1. The number of nitrogens with one attached hydrogen (secondary N) is 1. The van der Waals surface area contributed by atoms with Crippen LogP contribution in [0.1, 0.15) is 15.9 Å². The van der Waals surface area contributed by atoms with Gasteiger partial charge in [0.1, 0.15) is 0 Å². The molecule has 2 aromatic carbocycles. The molecule has 0 aromatic heterocycles. The molecule has 144 valence electrons. The topological polar surface area (TPSA) is 69.7 Å². The summed E-state index contributed by atoms with van der Waals surface area (Å²) in [5.74, 6) is -0.0849. The van der Waals surface area contributed by atoms with Gasteiger partial charge in [0.25, 0.3) is 5.91 Å². The van der Waals surface area contributed by atoms with Crippen molar-refractivity contribution in [3.05, 3.63) is 64.7 Å². The second-order valence-electron chi connectivity index (χ2n) is 6.65. The van der Waals surface area contributed by atoms with Crippen molar-refractivity contribution in [1.82, 2.24) is 9.80 Å². The fraction of sp³-hybridized carbons (Fsp3) is 0.316. The van der Waals surface area contributed by atoms with Crippen LogP contribution < -0.4 is 4.72 Å². The number of benzene rings is 2. The van der Waals surface area contributed by atoms with E-state index in [-0.39, 0.29) is 5.91 Å². The van der Waals surface area contributed by atoms with Gasteiger partial charge in [0, 0.05) is 49.0 Å². The minimum Gasteiger partial charge on any atom is -0.336 e. The van der Waals surface area contributed by atoms with Crippen molar-refractivity contribution in [2.24, 2.45) is 0 Å². The van der Waals surface area contributed by atoms with Gasteiger partial charge in [-0.25, -0.2) is 8.42 Å². The SMILES string of the molecule is CS(=O)(=O)Nc1cccc(C(=O)N2CCN(Cc3ccc(Cl)cc3)CC2)c1. The molecule has 1 saturated heterocycles. The molecule has 1 amide bonds. The molecule has 3 rings (SSSR count). The molecule has 0 unspecified atom stereocenters. The molecule has 0 radical (unpaired) electrons. The summed E-state index contributed by atoms with van der Waals surface area (Å²) in [6.07, 6.45) is 1.08. The highest BCUT2D eigenvalue weighted by Gasteiger charge is 2.22. The van der Waals surface area contributed by atoms with Crippen LogP contribution in [0, 0.1) is 0 Å². The van der Waals surface area contributed by atoms with Crippen molar-refractivity contribution in [2.75, 3.05) is 37.2 Å². The maximum absolute atomic E-state index is 12.7. The molecule has 1 aliphatic heterocycles. The average molecular weight is 408 g/mol. The first-order valence-corrected chi connectivity index (χ1v) is 10.9. The molecule has 0 spiro atoms. The molecule has 0 saturated carbocycles. The molecule has 0 atom stereocenters. The van der Waals surface area contributed by atoms with Crippen molar-refractivity contribution in [2.45, 2.75) is 6.54 Å². The van der Waals surface area contributed by atoms with Gasteiger partial charge in [0.2, 0.25) is 10.0 Å². The number of carbonyl (C=O) groups excluding carboxylic acids is 1. The van der Waals surface area contributed by atoms with Gasteiger partial charge in [-0.2, -0.15) is 0 Å². The van der Waals surface area contributed by atoms with E-state index in [0.29, 0.717) is 24.3 Å². The lowest BCUT2D eigenvalue weighted by Crippen LogP contribution is -2.48. The van der Waals surface area contributed by atoms with Gasteiger partial charge < -0.3 is 4.90 Å². The van der Waals surface area contributed by atoms with Crippen molar-refractivity contribution < 1.29 is 13.2 Å². The quantitative estimate of drug-likeness (QED) is 0.827. The van der Waals surface area contributed by atoms with E-state index >= 15 is 0 Å². The first-order valence-electron chi connectivity index (χ1n) is 8.64. The maximum Gasteiger partial charge on any atom is 0.254 e. The average Bonchev–Trinajstić information content (AvgIpc) is 2.62. The number of hydrogen-bond donors (Lipinski definition) is 1. The largest absolute Gasteiger partial charge is 0.336 e. The molecule has 0 aliphatic carbocycles. The number of piperazine rings is 1. The summed E-state index contributed by atoms with van der Waals surface area (Å²) in [7, 11) is -3.37. The summed E-state index contributed by atoms with van der Waals surface area (Å²) in [6.45, 7) is 3.67. The van der Waals surface area contributed by atoms with Gasteiger partial charge in [-0.15, -0.1) is 0 Å². The van der Waals surface area contributed by atoms with E-state index < -0.39 is 10.0 Å². The minimum absolute atomic E-state index is 0.0849. The van der Waals surface area contributed by atoms with Crippen molar-refractivity contribution in [3.63, 3.8) is 0 Å². The van der Waals surface area contributed by atoms with Gasteiger partial charge >= 0.3 is 0 Å².